The topological polar surface area (TPSA) is 140 Å². The number of hydrogen-bond acceptors (Lipinski definition) is 11. The number of hydrogen-bond donors (Lipinski definition) is 2. The molecule has 3 aliphatic rings. The lowest BCUT2D eigenvalue weighted by Gasteiger charge is -2.59. The molecular formula is C47H57N3O8S2. The maximum Gasteiger partial charge on any atom is 0.245 e. The van der Waals surface area contributed by atoms with Gasteiger partial charge in [0.25, 0.3) is 0 Å². The maximum absolute atomic E-state index is 15.4. The van der Waals surface area contributed by atoms with Crippen LogP contribution in [0.2, 0.25) is 0 Å². The summed E-state index contributed by atoms with van der Waals surface area (Å²) >= 11 is 1.66. The average Bonchev–Trinajstić information content (AvgIpc) is 3.26. The minimum atomic E-state index is -4.25. The summed E-state index contributed by atoms with van der Waals surface area (Å²) in [5, 5.41) is 25.2. The molecule has 2 aliphatic carbocycles. The zero-order valence-corrected chi connectivity index (χ0v) is 36.4. The summed E-state index contributed by atoms with van der Waals surface area (Å²) in [5.74, 6) is -0.306. The van der Waals surface area contributed by atoms with Crippen molar-refractivity contribution in [1.29, 1.82) is 0 Å². The largest absolute Gasteiger partial charge is 0.460 e. The Bertz CT molecular complexity index is 2280. The Hall–Kier alpha value is -4.24. The maximum atomic E-state index is 15.4. The van der Waals surface area contributed by atoms with Gasteiger partial charge in [0.05, 0.1) is 29.8 Å². The lowest BCUT2D eigenvalue weighted by molar-refractivity contribution is -0.251. The number of aromatic nitrogens is 1. The molecule has 13 heteroatoms. The van der Waals surface area contributed by atoms with Crippen LogP contribution >= 0.6 is 11.8 Å². The Labute approximate surface area is 358 Å². The summed E-state index contributed by atoms with van der Waals surface area (Å²) in [4.78, 5) is 11.4. The number of allylic oxidation sites excluding steroid dienone is 1. The fourth-order valence-electron chi connectivity index (χ4n) is 9.65. The van der Waals surface area contributed by atoms with Crippen LogP contribution in [-0.2, 0) is 19.6 Å². The number of oxime groups is 1. The van der Waals surface area contributed by atoms with Crippen molar-refractivity contribution in [2.45, 2.75) is 85.8 Å². The Morgan fingerprint density at radius 3 is 2.48 bits per heavy atom. The van der Waals surface area contributed by atoms with Crippen LogP contribution in [0.15, 0.2) is 118 Å². The molecule has 4 aromatic rings. The van der Waals surface area contributed by atoms with Crippen LogP contribution in [0.5, 0.6) is 17.2 Å². The van der Waals surface area contributed by atoms with Gasteiger partial charge in [0, 0.05) is 54.1 Å². The second-order valence-electron chi connectivity index (χ2n) is 15.7. The lowest BCUT2D eigenvalue weighted by Crippen LogP contribution is -2.70. The van der Waals surface area contributed by atoms with Crippen LogP contribution in [0.25, 0.3) is 10.9 Å². The third-order valence-corrected chi connectivity index (χ3v) is 14.8. The molecule has 11 nitrogen and oxygen atoms in total. The second kappa shape index (κ2) is 19.6. The molecule has 6 atom stereocenters. The number of benzene rings is 3. The normalized spacial score (nSPS) is 24.1. The van der Waals surface area contributed by atoms with Gasteiger partial charge in [-0.3, -0.25) is 4.98 Å². The molecule has 2 N–H and O–H groups in total. The first-order valence-electron chi connectivity index (χ1n) is 21.0. The first-order valence-corrected chi connectivity index (χ1v) is 23.7. The molecule has 0 radical (unpaired) electrons. The standard InChI is InChI=1S/C47H57N3O8S2/c1-5-25-50(60(53,54)42-17-11-14-32-15-12-24-48-46(32)42)43-31-40(49-55-3)38-29-33(13-7-9-26-51)37(16-8-10-27-52)44-39-30-35(57-34-18-21-36(59-4)22-19-34)20-23-41(39)58-47(43,45(38)44)56-28-6-2/h6,11-12,14-15,17-24,29-30,33,37,43-45,51-52H,2,5,7-10,13,16,25-28,31H2,1,3-4H3. The van der Waals surface area contributed by atoms with Crippen molar-refractivity contribution in [1.82, 2.24) is 9.29 Å². The van der Waals surface area contributed by atoms with Crippen molar-refractivity contribution in [2.75, 3.05) is 39.7 Å². The highest BCUT2D eigenvalue weighted by atomic mass is 32.2. The SMILES string of the molecule is C=CCOC12Oc3ccc(Oc4ccc(SC)cc4)cc3C3C(CCCCO)C(CCCCO)C=C(C(=NOC)CC1N(CCC)S(=O)(=O)c1cccc4cccnc14)C32. The van der Waals surface area contributed by atoms with Crippen LogP contribution in [-0.4, -0.2) is 85.2 Å². The van der Waals surface area contributed by atoms with Crippen LogP contribution in [0.4, 0.5) is 0 Å². The van der Waals surface area contributed by atoms with Crippen LogP contribution < -0.4 is 9.47 Å². The number of sulfonamides is 1. The van der Waals surface area contributed by atoms with E-state index in [0.717, 1.165) is 47.1 Å². The highest BCUT2D eigenvalue weighted by Crippen LogP contribution is 2.62. The van der Waals surface area contributed by atoms with E-state index in [2.05, 4.69) is 28.9 Å². The molecule has 7 rings (SSSR count). The molecule has 60 heavy (non-hydrogen) atoms. The molecule has 6 unspecified atom stereocenters. The summed E-state index contributed by atoms with van der Waals surface area (Å²) < 4.78 is 53.2. The van der Waals surface area contributed by atoms with Gasteiger partial charge in [-0.1, -0.05) is 55.3 Å². The Kier molecular flexibility index (Phi) is 14.4. The molecule has 1 aliphatic heterocycles. The molecular weight excluding hydrogens is 799 g/mol. The van der Waals surface area contributed by atoms with Crippen LogP contribution in [0.1, 0.15) is 69.8 Å². The van der Waals surface area contributed by atoms with E-state index in [-0.39, 0.29) is 55.4 Å². The predicted octanol–water partition coefficient (Wildman–Crippen LogP) is 9.11. The van der Waals surface area contributed by atoms with Gasteiger partial charge in [-0.25, -0.2) is 8.42 Å². The molecule has 0 amide bonds. The number of nitrogens with zero attached hydrogens (tertiary/aromatic N) is 3. The van der Waals surface area contributed by atoms with Gasteiger partial charge < -0.3 is 29.3 Å². The number of ether oxygens (including phenoxy) is 3. The molecule has 3 aromatic carbocycles. The summed E-state index contributed by atoms with van der Waals surface area (Å²) in [6.07, 6.45) is 12.8. The van der Waals surface area contributed by atoms with E-state index in [1.165, 1.54) is 7.11 Å². The summed E-state index contributed by atoms with van der Waals surface area (Å²) in [6.45, 7) is 6.43. The van der Waals surface area contributed by atoms with Gasteiger partial charge in [0.1, 0.15) is 29.3 Å². The van der Waals surface area contributed by atoms with Crippen molar-refractivity contribution in [3.8, 4) is 17.2 Å². The number of aliphatic hydroxyl groups is 2. The van der Waals surface area contributed by atoms with Gasteiger partial charge in [-0.2, -0.15) is 4.31 Å². The molecule has 0 saturated heterocycles. The van der Waals surface area contributed by atoms with Crippen molar-refractivity contribution >= 4 is 38.4 Å². The van der Waals surface area contributed by atoms with E-state index in [1.54, 1.807) is 46.5 Å². The monoisotopic (exact) mass is 855 g/mol. The number of unbranched alkanes of at least 4 members (excludes halogenated alkanes) is 2. The fraction of sp³-hybridized carbons (Fsp3) is 0.447. The number of pyridine rings is 1. The second-order valence-corrected chi connectivity index (χ2v) is 18.4. The first-order chi connectivity index (χ1) is 29.2. The highest BCUT2D eigenvalue weighted by molar-refractivity contribution is 7.98. The number of thioether (sulfide) groups is 1. The van der Waals surface area contributed by atoms with Crippen molar-refractivity contribution in [3.05, 3.63) is 109 Å². The Morgan fingerprint density at radius 1 is 1.02 bits per heavy atom. The summed E-state index contributed by atoms with van der Waals surface area (Å²) in [6, 6.07) is 21.8. The van der Waals surface area contributed by atoms with E-state index in [1.807, 2.05) is 61.7 Å². The Balaban J connectivity index is 1.46. The van der Waals surface area contributed by atoms with E-state index < -0.39 is 27.8 Å². The zero-order valence-electron chi connectivity index (χ0n) is 34.7. The van der Waals surface area contributed by atoms with Crippen molar-refractivity contribution in [3.63, 3.8) is 0 Å². The van der Waals surface area contributed by atoms with Crippen LogP contribution in [0.3, 0.4) is 0 Å². The molecule has 320 valence electrons. The molecule has 1 aromatic heterocycles. The zero-order chi connectivity index (χ0) is 42.3. The summed E-state index contributed by atoms with van der Waals surface area (Å²) in [5.41, 5.74) is 2.86. The first kappa shape index (κ1) is 43.8. The average molecular weight is 856 g/mol. The molecule has 0 bridgehead atoms. The van der Waals surface area contributed by atoms with E-state index in [9.17, 15) is 10.2 Å². The molecule has 1 fully saturated rings. The Morgan fingerprint density at radius 2 is 1.77 bits per heavy atom. The smallest absolute Gasteiger partial charge is 0.245 e. The highest BCUT2D eigenvalue weighted by Gasteiger charge is 2.66. The van der Waals surface area contributed by atoms with E-state index in [0.29, 0.717) is 47.7 Å². The van der Waals surface area contributed by atoms with Gasteiger partial charge >= 0.3 is 0 Å². The quantitative estimate of drug-likeness (QED) is 0.0383. The third-order valence-electron chi connectivity index (χ3n) is 12.1. The fourth-order valence-corrected chi connectivity index (χ4v) is 12.0. The summed E-state index contributed by atoms with van der Waals surface area (Å²) in [7, 11) is -2.74. The van der Waals surface area contributed by atoms with E-state index in [4.69, 9.17) is 19.0 Å². The minimum Gasteiger partial charge on any atom is -0.460 e. The molecule has 2 heterocycles. The lowest BCUT2D eigenvalue weighted by atomic mass is 9.55. The number of fused-ring (bicyclic) bond motifs is 3. The predicted molar refractivity (Wildman–Crippen MR) is 236 cm³/mol. The van der Waals surface area contributed by atoms with Gasteiger partial charge in [0.2, 0.25) is 15.8 Å². The number of aliphatic hydroxyl groups excluding tert-OH is 2. The third kappa shape index (κ3) is 8.62. The van der Waals surface area contributed by atoms with Crippen LogP contribution in [0, 0.1) is 17.8 Å². The number of para-hydroxylation sites is 1. The molecule has 1 saturated carbocycles. The van der Waals surface area contributed by atoms with Gasteiger partial charge in [-0.15, -0.1) is 18.3 Å². The minimum absolute atomic E-state index is 0.0236. The van der Waals surface area contributed by atoms with Gasteiger partial charge in [0.15, 0.2) is 0 Å². The van der Waals surface area contributed by atoms with Gasteiger partial charge in [-0.05, 0) is 110 Å². The van der Waals surface area contributed by atoms with Crippen molar-refractivity contribution in [2.24, 2.45) is 22.9 Å². The van der Waals surface area contributed by atoms with E-state index >= 15 is 8.42 Å². The number of rotatable bonds is 20. The van der Waals surface area contributed by atoms with Crippen molar-refractivity contribution < 1.29 is 37.7 Å². The molecule has 0 spiro atoms.